The zero-order valence-electron chi connectivity index (χ0n) is 13.3. The van der Waals surface area contributed by atoms with Gasteiger partial charge in [0.05, 0.1) is 12.7 Å². The molecule has 0 amide bonds. The van der Waals surface area contributed by atoms with Gasteiger partial charge in [0.1, 0.15) is 5.78 Å². The van der Waals surface area contributed by atoms with E-state index in [1.807, 2.05) is 18.2 Å². The maximum absolute atomic E-state index is 12.0. The molecule has 2 heteroatoms. The second kappa shape index (κ2) is 5.57. The van der Waals surface area contributed by atoms with Crippen LogP contribution in [0.4, 0.5) is 0 Å². The normalized spacial score (nSPS) is 33.9. The molecule has 3 rings (SSSR count). The van der Waals surface area contributed by atoms with Crippen molar-refractivity contribution in [2.45, 2.75) is 52.7 Å². The molecular weight excluding hydrogens is 260 g/mol. The van der Waals surface area contributed by atoms with E-state index in [-0.39, 0.29) is 12.0 Å². The predicted molar refractivity (Wildman–Crippen MR) is 83.8 cm³/mol. The van der Waals surface area contributed by atoms with Crippen molar-refractivity contribution >= 4 is 5.78 Å². The number of hydrogen-bond donors (Lipinski definition) is 0. The highest BCUT2D eigenvalue weighted by Crippen LogP contribution is 2.55. The average Bonchev–Trinajstić information content (AvgIpc) is 2.90. The molecule has 0 saturated heterocycles. The Bertz CT molecular complexity index is 506. The summed E-state index contributed by atoms with van der Waals surface area (Å²) in [7, 11) is 0. The molecule has 114 valence electrons. The van der Waals surface area contributed by atoms with Crippen LogP contribution in [0.1, 0.15) is 45.6 Å². The standard InChI is InChI=1S/C19H26O2/c1-13(20)16-9-15-10-19(2,3)11-17(15)18(16)21-12-14-7-5-4-6-8-14/h4-8,15-18H,9-12H2,1-3H3/t15-,16-,17+,18+/m1/s1. The van der Waals surface area contributed by atoms with Crippen molar-refractivity contribution in [3.8, 4) is 0 Å². The first-order valence-corrected chi connectivity index (χ1v) is 8.12. The lowest BCUT2D eigenvalue weighted by Gasteiger charge is -2.26. The molecule has 0 N–H and O–H groups in total. The quantitative estimate of drug-likeness (QED) is 0.828. The Labute approximate surface area is 127 Å². The van der Waals surface area contributed by atoms with Gasteiger partial charge >= 0.3 is 0 Å². The van der Waals surface area contributed by atoms with Crippen LogP contribution in [-0.2, 0) is 16.1 Å². The number of Topliss-reactive ketones (excluding diaryl/α,β-unsaturated/α-hetero) is 1. The average molecular weight is 286 g/mol. The van der Waals surface area contributed by atoms with Gasteiger partial charge in [0.25, 0.3) is 0 Å². The third-order valence-corrected chi connectivity index (χ3v) is 5.39. The highest BCUT2D eigenvalue weighted by molar-refractivity contribution is 5.79. The van der Waals surface area contributed by atoms with Gasteiger partial charge in [-0.05, 0) is 49.0 Å². The monoisotopic (exact) mass is 286 g/mol. The summed E-state index contributed by atoms with van der Waals surface area (Å²) in [5, 5.41) is 0. The van der Waals surface area contributed by atoms with Gasteiger partial charge in [0.2, 0.25) is 0 Å². The summed E-state index contributed by atoms with van der Waals surface area (Å²) >= 11 is 0. The summed E-state index contributed by atoms with van der Waals surface area (Å²) in [4.78, 5) is 12.0. The molecular formula is C19H26O2. The number of benzene rings is 1. The molecule has 4 atom stereocenters. The van der Waals surface area contributed by atoms with E-state index in [0.29, 0.717) is 29.6 Å². The highest BCUT2D eigenvalue weighted by atomic mass is 16.5. The Morgan fingerprint density at radius 1 is 1.24 bits per heavy atom. The molecule has 2 nitrogen and oxygen atoms in total. The molecule has 1 aromatic carbocycles. The van der Waals surface area contributed by atoms with Gasteiger partial charge in [-0.25, -0.2) is 0 Å². The Morgan fingerprint density at radius 2 is 1.95 bits per heavy atom. The topological polar surface area (TPSA) is 26.3 Å². The lowest BCUT2D eigenvalue weighted by Crippen LogP contribution is -2.30. The van der Waals surface area contributed by atoms with Gasteiger partial charge in [-0.2, -0.15) is 0 Å². The van der Waals surface area contributed by atoms with Gasteiger partial charge in [0, 0.05) is 5.92 Å². The van der Waals surface area contributed by atoms with Gasteiger partial charge in [0.15, 0.2) is 0 Å². The Morgan fingerprint density at radius 3 is 2.62 bits per heavy atom. The van der Waals surface area contributed by atoms with Crippen LogP contribution < -0.4 is 0 Å². The third-order valence-electron chi connectivity index (χ3n) is 5.39. The minimum atomic E-state index is 0.111. The van der Waals surface area contributed by atoms with Crippen LogP contribution in [0.3, 0.4) is 0 Å². The van der Waals surface area contributed by atoms with Crippen LogP contribution in [0.15, 0.2) is 30.3 Å². The Hall–Kier alpha value is -1.15. The number of carbonyl (C=O) groups is 1. The van der Waals surface area contributed by atoms with E-state index in [1.54, 1.807) is 6.92 Å². The molecule has 0 aliphatic heterocycles. The maximum Gasteiger partial charge on any atom is 0.135 e. The molecule has 0 heterocycles. The first-order chi connectivity index (χ1) is 9.96. The first-order valence-electron chi connectivity index (χ1n) is 8.12. The van der Waals surface area contributed by atoms with Gasteiger partial charge in [-0.1, -0.05) is 44.2 Å². The SMILES string of the molecule is CC(=O)[C@H]1C[C@@H]2CC(C)(C)C[C@@H]2[C@H]1OCc1ccccc1. The smallest absolute Gasteiger partial charge is 0.135 e. The molecule has 0 aromatic heterocycles. The molecule has 0 spiro atoms. The fourth-order valence-corrected chi connectivity index (χ4v) is 4.55. The van der Waals surface area contributed by atoms with Gasteiger partial charge in [-0.3, -0.25) is 4.79 Å². The summed E-state index contributed by atoms with van der Waals surface area (Å²) < 4.78 is 6.25. The highest BCUT2D eigenvalue weighted by Gasteiger charge is 2.52. The molecule has 2 saturated carbocycles. The van der Waals surface area contributed by atoms with Crippen LogP contribution in [0, 0.1) is 23.2 Å². The van der Waals surface area contributed by atoms with E-state index in [1.165, 1.54) is 18.4 Å². The largest absolute Gasteiger partial charge is 0.372 e. The van der Waals surface area contributed by atoms with Crippen molar-refractivity contribution in [3.63, 3.8) is 0 Å². The van der Waals surface area contributed by atoms with Crippen molar-refractivity contribution in [2.75, 3.05) is 0 Å². The number of carbonyl (C=O) groups excluding carboxylic acids is 1. The summed E-state index contributed by atoms with van der Waals surface area (Å²) in [5.41, 5.74) is 1.60. The van der Waals surface area contributed by atoms with E-state index in [2.05, 4.69) is 26.0 Å². The van der Waals surface area contributed by atoms with Crippen LogP contribution in [0.5, 0.6) is 0 Å². The Balaban J connectivity index is 1.72. The molecule has 0 bridgehead atoms. The number of ketones is 1. The minimum absolute atomic E-state index is 0.111. The van der Waals surface area contributed by atoms with E-state index in [0.717, 1.165) is 6.42 Å². The van der Waals surface area contributed by atoms with Crippen molar-refractivity contribution in [2.24, 2.45) is 23.2 Å². The fraction of sp³-hybridized carbons (Fsp3) is 0.632. The van der Waals surface area contributed by atoms with E-state index >= 15 is 0 Å². The van der Waals surface area contributed by atoms with E-state index < -0.39 is 0 Å². The van der Waals surface area contributed by atoms with Crippen LogP contribution >= 0.6 is 0 Å². The number of fused-ring (bicyclic) bond motifs is 1. The molecule has 2 aliphatic carbocycles. The van der Waals surface area contributed by atoms with Gasteiger partial charge < -0.3 is 4.74 Å². The summed E-state index contributed by atoms with van der Waals surface area (Å²) in [6.45, 7) is 7.05. The fourth-order valence-electron chi connectivity index (χ4n) is 4.55. The lowest BCUT2D eigenvalue weighted by atomic mass is 9.85. The van der Waals surface area contributed by atoms with E-state index in [4.69, 9.17) is 4.74 Å². The third kappa shape index (κ3) is 3.06. The predicted octanol–water partition coefficient (Wildman–Crippen LogP) is 4.23. The second-order valence-corrected chi connectivity index (χ2v) is 7.71. The zero-order chi connectivity index (χ0) is 15.0. The van der Waals surface area contributed by atoms with Gasteiger partial charge in [-0.15, -0.1) is 0 Å². The summed E-state index contributed by atoms with van der Waals surface area (Å²) in [6.07, 6.45) is 3.59. The van der Waals surface area contributed by atoms with Crippen LogP contribution in [0.2, 0.25) is 0 Å². The van der Waals surface area contributed by atoms with Crippen molar-refractivity contribution in [3.05, 3.63) is 35.9 Å². The molecule has 1 aromatic rings. The molecule has 0 unspecified atom stereocenters. The van der Waals surface area contributed by atoms with Crippen molar-refractivity contribution < 1.29 is 9.53 Å². The van der Waals surface area contributed by atoms with E-state index in [9.17, 15) is 4.79 Å². The number of hydrogen-bond acceptors (Lipinski definition) is 2. The minimum Gasteiger partial charge on any atom is -0.372 e. The van der Waals surface area contributed by atoms with Crippen LogP contribution in [-0.4, -0.2) is 11.9 Å². The molecule has 2 aliphatic rings. The van der Waals surface area contributed by atoms with Crippen molar-refractivity contribution in [1.29, 1.82) is 0 Å². The first kappa shape index (κ1) is 14.8. The lowest BCUT2D eigenvalue weighted by molar-refractivity contribution is -0.126. The maximum atomic E-state index is 12.0. The molecule has 0 radical (unpaired) electrons. The number of rotatable bonds is 4. The number of ether oxygens (including phenoxy) is 1. The second-order valence-electron chi connectivity index (χ2n) is 7.71. The zero-order valence-corrected chi connectivity index (χ0v) is 13.3. The Kier molecular flexibility index (Phi) is 3.92. The summed E-state index contributed by atoms with van der Waals surface area (Å²) in [6, 6.07) is 10.3. The molecule has 2 fully saturated rings. The van der Waals surface area contributed by atoms with Crippen LogP contribution in [0.25, 0.3) is 0 Å². The van der Waals surface area contributed by atoms with Crippen molar-refractivity contribution in [1.82, 2.24) is 0 Å². The summed E-state index contributed by atoms with van der Waals surface area (Å²) in [5.74, 6) is 1.66. The molecule has 21 heavy (non-hydrogen) atoms.